The number of nitrogens with zero attached hydrogens (tertiary/aromatic N) is 1. The first-order valence-electron chi connectivity index (χ1n) is 10.6. The van der Waals surface area contributed by atoms with Gasteiger partial charge in [-0.2, -0.15) is 0 Å². The fraction of sp³-hybridized carbons (Fsp3) is 0.727. The van der Waals surface area contributed by atoms with Gasteiger partial charge in [0.25, 0.3) is 0 Å². The van der Waals surface area contributed by atoms with E-state index in [1.165, 1.54) is 13.8 Å². The lowest BCUT2D eigenvalue weighted by Crippen LogP contribution is -2.61. The standard InChI is InChI=1S/C22H31NO10/c1-10(17-14(27)7-22(5,6)8-15(17)28)23-18-20(32-13(4)26)19(31-12(3)25)16(33-21(18)29)9-30-11(2)24/h16-21,29H,7-9H2,1-6H3/t16-,18-,19-,20-,21+/m1/s1. The summed E-state index contributed by atoms with van der Waals surface area (Å²) in [6, 6.07) is -1.30. The molecule has 0 spiro atoms. The van der Waals surface area contributed by atoms with E-state index in [4.69, 9.17) is 18.9 Å². The zero-order chi connectivity index (χ0) is 25.1. The molecule has 11 nitrogen and oxygen atoms in total. The minimum atomic E-state index is -1.66. The summed E-state index contributed by atoms with van der Waals surface area (Å²) in [5, 5.41) is 10.6. The lowest BCUT2D eigenvalue weighted by atomic mass is 9.70. The Morgan fingerprint density at radius 2 is 1.48 bits per heavy atom. The Balaban J connectivity index is 2.41. The molecule has 1 saturated carbocycles. The first-order valence-corrected chi connectivity index (χ1v) is 10.6. The Morgan fingerprint density at radius 1 is 0.970 bits per heavy atom. The number of ketones is 2. The van der Waals surface area contributed by atoms with E-state index in [-0.39, 0.29) is 36.7 Å². The van der Waals surface area contributed by atoms with Crippen LogP contribution in [0.4, 0.5) is 0 Å². The van der Waals surface area contributed by atoms with Crippen LogP contribution in [0.2, 0.25) is 0 Å². The van der Waals surface area contributed by atoms with Crippen LogP contribution < -0.4 is 0 Å². The van der Waals surface area contributed by atoms with Crippen molar-refractivity contribution in [2.45, 2.75) is 85.0 Å². The Hall–Kier alpha value is -2.66. The third kappa shape index (κ3) is 6.91. The van der Waals surface area contributed by atoms with E-state index in [2.05, 4.69) is 4.99 Å². The fourth-order valence-corrected chi connectivity index (χ4v) is 4.20. The summed E-state index contributed by atoms with van der Waals surface area (Å²) in [5.74, 6) is -3.79. The predicted molar refractivity (Wildman–Crippen MR) is 112 cm³/mol. The average Bonchev–Trinajstić information content (AvgIpc) is 2.62. The molecule has 1 aliphatic carbocycles. The molecule has 0 unspecified atom stereocenters. The van der Waals surface area contributed by atoms with E-state index in [0.29, 0.717) is 0 Å². The lowest BCUT2D eigenvalue weighted by Gasteiger charge is -2.42. The number of rotatable bonds is 6. The van der Waals surface area contributed by atoms with Gasteiger partial charge in [0.15, 0.2) is 18.5 Å². The SMILES string of the molecule is CC(=O)OC[C@H]1O[C@H](O)[C@H](N=C(C)C2C(=O)CC(C)(C)CC2=O)[C@@H](OC(C)=O)[C@@H]1OC(C)=O. The van der Waals surface area contributed by atoms with Gasteiger partial charge in [0.05, 0.1) is 0 Å². The highest BCUT2D eigenvalue weighted by Gasteiger charge is 2.51. The molecule has 0 amide bonds. The Bertz CT molecular complexity index is 828. The highest BCUT2D eigenvalue weighted by molar-refractivity contribution is 6.21. The van der Waals surface area contributed by atoms with Crippen LogP contribution in [-0.2, 0) is 42.9 Å². The van der Waals surface area contributed by atoms with E-state index >= 15 is 0 Å². The van der Waals surface area contributed by atoms with E-state index < -0.39 is 59.9 Å². The molecule has 33 heavy (non-hydrogen) atoms. The summed E-state index contributed by atoms with van der Waals surface area (Å²) in [4.78, 5) is 64.4. The Morgan fingerprint density at radius 3 is 1.97 bits per heavy atom. The summed E-state index contributed by atoms with van der Waals surface area (Å²) in [6.45, 7) is 8.16. The van der Waals surface area contributed by atoms with E-state index in [9.17, 15) is 29.1 Å². The van der Waals surface area contributed by atoms with Crippen molar-refractivity contribution in [1.82, 2.24) is 0 Å². The Labute approximate surface area is 191 Å². The average molecular weight is 469 g/mol. The second-order valence-corrected chi connectivity index (χ2v) is 9.16. The maximum absolute atomic E-state index is 12.7. The van der Waals surface area contributed by atoms with Gasteiger partial charge in [-0.15, -0.1) is 0 Å². The van der Waals surface area contributed by atoms with Crippen LogP contribution in [0.5, 0.6) is 0 Å². The van der Waals surface area contributed by atoms with Gasteiger partial charge in [0, 0.05) is 39.3 Å². The summed E-state index contributed by atoms with van der Waals surface area (Å²) >= 11 is 0. The molecule has 1 N–H and O–H groups in total. The quantitative estimate of drug-likeness (QED) is 0.252. The first-order chi connectivity index (χ1) is 15.2. The minimum absolute atomic E-state index is 0.130. The van der Waals surface area contributed by atoms with Crippen LogP contribution >= 0.6 is 0 Å². The van der Waals surface area contributed by atoms with Crippen LogP contribution in [0.1, 0.15) is 54.4 Å². The second kappa shape index (κ2) is 10.5. The first kappa shape index (κ1) is 26.6. The van der Waals surface area contributed by atoms with Crippen LogP contribution in [0, 0.1) is 11.3 Å². The number of hydrogen-bond donors (Lipinski definition) is 1. The number of esters is 3. The summed E-state index contributed by atoms with van der Waals surface area (Å²) in [7, 11) is 0. The van der Waals surface area contributed by atoms with Gasteiger partial charge in [-0.25, -0.2) is 0 Å². The molecule has 5 atom stereocenters. The van der Waals surface area contributed by atoms with Gasteiger partial charge in [0.1, 0.15) is 36.2 Å². The molecule has 2 aliphatic rings. The van der Waals surface area contributed by atoms with Gasteiger partial charge in [-0.05, 0) is 12.3 Å². The van der Waals surface area contributed by atoms with Crippen molar-refractivity contribution in [3.05, 3.63) is 0 Å². The number of aliphatic imine (C=N–C) groups is 1. The van der Waals surface area contributed by atoms with Gasteiger partial charge >= 0.3 is 17.9 Å². The van der Waals surface area contributed by atoms with Gasteiger partial charge in [-0.1, -0.05) is 13.8 Å². The van der Waals surface area contributed by atoms with Crippen LogP contribution in [0.25, 0.3) is 0 Å². The summed E-state index contributed by atoms with van der Waals surface area (Å²) in [5.41, 5.74) is -0.325. The molecular formula is C22H31NO10. The van der Waals surface area contributed by atoms with Crippen molar-refractivity contribution >= 4 is 35.2 Å². The topological polar surface area (TPSA) is 155 Å². The number of ether oxygens (including phenoxy) is 4. The number of Topliss-reactive ketones (excluding diaryl/α,β-unsaturated/α-hetero) is 2. The van der Waals surface area contributed by atoms with Gasteiger partial charge in [-0.3, -0.25) is 29.0 Å². The summed E-state index contributed by atoms with van der Waals surface area (Å²) in [6.07, 6.45) is -5.03. The molecule has 1 heterocycles. The molecule has 1 aliphatic heterocycles. The number of carbonyl (C=O) groups excluding carboxylic acids is 5. The highest BCUT2D eigenvalue weighted by Crippen LogP contribution is 2.35. The molecule has 0 aromatic carbocycles. The van der Waals surface area contributed by atoms with Crippen molar-refractivity contribution in [2.75, 3.05) is 6.61 Å². The monoisotopic (exact) mass is 469 g/mol. The van der Waals surface area contributed by atoms with Crippen molar-refractivity contribution in [1.29, 1.82) is 0 Å². The van der Waals surface area contributed by atoms with E-state index in [1.807, 2.05) is 13.8 Å². The predicted octanol–water partition coefficient (Wildman–Crippen LogP) is 0.534. The number of aliphatic hydroxyl groups is 1. The zero-order valence-corrected chi connectivity index (χ0v) is 19.7. The van der Waals surface area contributed by atoms with E-state index in [0.717, 1.165) is 13.8 Å². The maximum Gasteiger partial charge on any atom is 0.303 e. The van der Waals surface area contributed by atoms with Crippen LogP contribution in [0.15, 0.2) is 4.99 Å². The van der Waals surface area contributed by atoms with Crippen molar-refractivity contribution in [3.63, 3.8) is 0 Å². The number of carbonyl (C=O) groups is 5. The largest absolute Gasteiger partial charge is 0.463 e. The molecule has 0 bridgehead atoms. The maximum atomic E-state index is 12.7. The van der Waals surface area contributed by atoms with Crippen LogP contribution in [-0.4, -0.2) is 77.5 Å². The molecule has 2 fully saturated rings. The molecule has 2 rings (SSSR count). The van der Waals surface area contributed by atoms with Gasteiger partial charge in [0.2, 0.25) is 0 Å². The van der Waals surface area contributed by atoms with Crippen molar-refractivity contribution in [3.8, 4) is 0 Å². The second-order valence-electron chi connectivity index (χ2n) is 9.16. The molecule has 1 saturated heterocycles. The van der Waals surface area contributed by atoms with Crippen molar-refractivity contribution in [2.24, 2.45) is 16.3 Å². The minimum Gasteiger partial charge on any atom is -0.463 e. The zero-order valence-electron chi connectivity index (χ0n) is 19.7. The molecule has 0 aromatic rings. The molecular weight excluding hydrogens is 438 g/mol. The molecule has 184 valence electrons. The third-order valence-electron chi connectivity index (χ3n) is 5.41. The normalized spacial score (nSPS) is 30.5. The van der Waals surface area contributed by atoms with E-state index in [1.54, 1.807) is 0 Å². The lowest BCUT2D eigenvalue weighted by molar-refractivity contribution is -0.260. The summed E-state index contributed by atoms with van der Waals surface area (Å²) < 4.78 is 21.0. The number of aliphatic hydroxyl groups excluding tert-OH is 1. The Kier molecular flexibility index (Phi) is 8.47. The molecule has 0 radical (unpaired) electrons. The number of hydrogen-bond acceptors (Lipinski definition) is 11. The molecule has 11 heteroatoms. The highest BCUT2D eigenvalue weighted by atomic mass is 16.7. The van der Waals surface area contributed by atoms with Gasteiger partial charge < -0.3 is 24.1 Å². The van der Waals surface area contributed by atoms with Crippen molar-refractivity contribution < 1.29 is 48.0 Å². The fourth-order valence-electron chi connectivity index (χ4n) is 4.20. The smallest absolute Gasteiger partial charge is 0.303 e. The third-order valence-corrected chi connectivity index (χ3v) is 5.41. The molecule has 0 aromatic heterocycles. The van der Waals surface area contributed by atoms with Crippen LogP contribution in [0.3, 0.4) is 0 Å².